The molecular weight excluding hydrogens is 152 g/mol. The maximum atomic E-state index is 11.3. The first kappa shape index (κ1) is 11.6. The predicted octanol–water partition coefficient (Wildman–Crippen LogP) is 2.27. The molecule has 0 heterocycles. The van der Waals surface area contributed by atoms with E-state index in [1.165, 1.54) is 0 Å². The van der Waals surface area contributed by atoms with Crippen LogP contribution < -0.4 is 0 Å². The molecule has 0 aliphatic heterocycles. The van der Waals surface area contributed by atoms with E-state index in [2.05, 4.69) is 13.8 Å². The molecule has 72 valence electrons. The monoisotopic (exact) mass is 172 g/mol. The second-order valence-corrected chi connectivity index (χ2v) is 3.90. The van der Waals surface area contributed by atoms with E-state index in [1.54, 1.807) is 7.11 Å². The van der Waals surface area contributed by atoms with E-state index in [0.717, 1.165) is 0 Å². The van der Waals surface area contributed by atoms with Crippen LogP contribution in [0.1, 0.15) is 33.6 Å². The third kappa shape index (κ3) is 6.35. The zero-order valence-corrected chi connectivity index (χ0v) is 8.59. The molecule has 0 aromatic rings. The van der Waals surface area contributed by atoms with Gasteiger partial charge in [0, 0.05) is 26.6 Å². The lowest BCUT2D eigenvalue weighted by Crippen LogP contribution is -2.11. The van der Waals surface area contributed by atoms with Gasteiger partial charge in [-0.3, -0.25) is 4.79 Å². The Bertz CT molecular complexity index is 130. The van der Waals surface area contributed by atoms with Gasteiger partial charge < -0.3 is 4.74 Å². The highest BCUT2D eigenvalue weighted by atomic mass is 16.5. The van der Waals surface area contributed by atoms with Crippen molar-refractivity contribution in [3.63, 3.8) is 0 Å². The van der Waals surface area contributed by atoms with Crippen molar-refractivity contribution in [3.8, 4) is 0 Å². The molecule has 0 aromatic carbocycles. The van der Waals surface area contributed by atoms with Crippen LogP contribution >= 0.6 is 0 Å². The molecule has 0 saturated carbocycles. The number of methoxy groups -OCH3 is 1. The highest BCUT2D eigenvalue weighted by Gasteiger charge is 2.09. The van der Waals surface area contributed by atoms with Gasteiger partial charge in [0.2, 0.25) is 0 Å². The molecule has 0 bridgehead atoms. The molecule has 2 heteroatoms. The molecule has 0 spiro atoms. The Morgan fingerprint density at radius 3 is 2.25 bits per heavy atom. The molecule has 0 rings (SSSR count). The highest BCUT2D eigenvalue weighted by molar-refractivity contribution is 5.78. The summed E-state index contributed by atoms with van der Waals surface area (Å²) in [6.07, 6.45) is 1.36. The highest BCUT2D eigenvalue weighted by Crippen LogP contribution is 2.08. The van der Waals surface area contributed by atoms with Gasteiger partial charge in [-0.2, -0.15) is 0 Å². The van der Waals surface area contributed by atoms with E-state index in [9.17, 15) is 4.79 Å². The van der Waals surface area contributed by atoms with Crippen LogP contribution in [0.5, 0.6) is 0 Å². The van der Waals surface area contributed by atoms with Crippen molar-refractivity contribution < 1.29 is 9.53 Å². The van der Waals surface area contributed by atoms with Gasteiger partial charge in [-0.15, -0.1) is 0 Å². The minimum absolute atomic E-state index is 0.356. The average Bonchev–Trinajstić information content (AvgIpc) is 1.84. The molecule has 0 aliphatic carbocycles. The smallest absolute Gasteiger partial charge is 0.133 e. The van der Waals surface area contributed by atoms with Crippen LogP contribution in [0.4, 0.5) is 0 Å². The number of ketones is 1. The maximum Gasteiger partial charge on any atom is 0.133 e. The fourth-order valence-corrected chi connectivity index (χ4v) is 1.27. The van der Waals surface area contributed by atoms with E-state index in [4.69, 9.17) is 4.74 Å². The van der Waals surface area contributed by atoms with Crippen LogP contribution in [-0.2, 0) is 9.53 Å². The summed E-state index contributed by atoms with van der Waals surface area (Å²) in [4.78, 5) is 11.3. The lowest BCUT2D eigenvalue weighted by molar-refractivity contribution is -0.120. The largest absolute Gasteiger partial charge is 0.384 e. The van der Waals surface area contributed by atoms with Crippen molar-refractivity contribution in [1.29, 1.82) is 0 Å². The lowest BCUT2D eigenvalue weighted by atomic mass is 9.99. The van der Waals surface area contributed by atoms with Crippen LogP contribution in [0, 0.1) is 11.8 Å². The average molecular weight is 172 g/mol. The number of Topliss-reactive ketones (excluding diaryl/α,β-unsaturated/α-hetero) is 1. The van der Waals surface area contributed by atoms with Gasteiger partial charge in [-0.1, -0.05) is 20.8 Å². The summed E-state index contributed by atoms with van der Waals surface area (Å²) in [5, 5.41) is 0. The summed E-state index contributed by atoms with van der Waals surface area (Å²) >= 11 is 0. The summed E-state index contributed by atoms with van der Waals surface area (Å²) in [6, 6.07) is 0. The third-order valence-electron chi connectivity index (χ3n) is 1.66. The van der Waals surface area contributed by atoms with Crippen molar-refractivity contribution in [2.45, 2.75) is 33.6 Å². The Morgan fingerprint density at radius 1 is 1.25 bits per heavy atom. The topological polar surface area (TPSA) is 26.3 Å². The lowest BCUT2D eigenvalue weighted by Gasteiger charge is -2.09. The Morgan fingerprint density at radius 2 is 1.83 bits per heavy atom. The molecule has 0 amide bonds. The van der Waals surface area contributed by atoms with Gasteiger partial charge >= 0.3 is 0 Å². The molecule has 0 saturated heterocycles. The van der Waals surface area contributed by atoms with Crippen LogP contribution in [0.3, 0.4) is 0 Å². The van der Waals surface area contributed by atoms with Crippen molar-refractivity contribution in [2.75, 3.05) is 13.7 Å². The number of carbonyl (C=O) groups is 1. The Balaban J connectivity index is 3.54. The Labute approximate surface area is 75.3 Å². The van der Waals surface area contributed by atoms with Gasteiger partial charge in [0.1, 0.15) is 5.78 Å². The molecule has 0 radical (unpaired) electrons. The summed E-state index contributed by atoms with van der Waals surface area (Å²) < 4.78 is 4.96. The predicted molar refractivity (Wildman–Crippen MR) is 50.1 cm³/mol. The normalized spacial score (nSPS) is 13.4. The van der Waals surface area contributed by atoms with Crippen molar-refractivity contribution in [3.05, 3.63) is 0 Å². The quantitative estimate of drug-likeness (QED) is 0.614. The molecule has 0 fully saturated rings. The van der Waals surface area contributed by atoms with E-state index >= 15 is 0 Å². The van der Waals surface area contributed by atoms with Gasteiger partial charge in [0.25, 0.3) is 0 Å². The SMILES string of the molecule is COCC(C)CC(=O)CC(C)C. The van der Waals surface area contributed by atoms with E-state index < -0.39 is 0 Å². The van der Waals surface area contributed by atoms with Crippen LogP contribution in [0.25, 0.3) is 0 Å². The van der Waals surface area contributed by atoms with Gasteiger partial charge in [-0.25, -0.2) is 0 Å². The summed E-state index contributed by atoms with van der Waals surface area (Å²) in [5.41, 5.74) is 0. The molecule has 12 heavy (non-hydrogen) atoms. The zero-order chi connectivity index (χ0) is 9.56. The fourth-order valence-electron chi connectivity index (χ4n) is 1.27. The van der Waals surface area contributed by atoms with Crippen LogP contribution in [-0.4, -0.2) is 19.5 Å². The Hall–Kier alpha value is -0.370. The fraction of sp³-hybridized carbons (Fsp3) is 0.900. The number of hydrogen-bond acceptors (Lipinski definition) is 2. The molecule has 0 N–H and O–H groups in total. The minimum Gasteiger partial charge on any atom is -0.384 e. The standard InChI is InChI=1S/C10H20O2/c1-8(2)5-10(11)6-9(3)7-12-4/h8-9H,5-7H2,1-4H3. The second-order valence-electron chi connectivity index (χ2n) is 3.90. The Kier molecular flexibility index (Phi) is 5.99. The van der Waals surface area contributed by atoms with Gasteiger partial charge in [0.05, 0.1) is 0 Å². The van der Waals surface area contributed by atoms with Crippen molar-refractivity contribution in [1.82, 2.24) is 0 Å². The van der Waals surface area contributed by atoms with E-state index in [-0.39, 0.29) is 0 Å². The summed E-state index contributed by atoms with van der Waals surface area (Å²) in [6.45, 7) is 6.86. The molecule has 0 aromatic heterocycles. The third-order valence-corrected chi connectivity index (χ3v) is 1.66. The van der Waals surface area contributed by atoms with Crippen molar-refractivity contribution in [2.24, 2.45) is 11.8 Å². The maximum absolute atomic E-state index is 11.3. The zero-order valence-electron chi connectivity index (χ0n) is 8.59. The van der Waals surface area contributed by atoms with Gasteiger partial charge in [0.15, 0.2) is 0 Å². The molecule has 0 aliphatic rings. The molecule has 1 atom stereocenters. The molecule has 1 unspecified atom stereocenters. The molecular formula is C10H20O2. The first-order valence-electron chi connectivity index (χ1n) is 4.56. The first-order chi connectivity index (χ1) is 5.56. The second kappa shape index (κ2) is 6.18. The van der Waals surface area contributed by atoms with Gasteiger partial charge in [-0.05, 0) is 11.8 Å². The first-order valence-corrected chi connectivity index (χ1v) is 4.56. The van der Waals surface area contributed by atoms with E-state index in [0.29, 0.717) is 37.1 Å². The number of rotatable bonds is 6. The molecule has 2 nitrogen and oxygen atoms in total. The minimum atomic E-state index is 0.356. The number of carbonyl (C=O) groups excluding carboxylic acids is 1. The summed E-state index contributed by atoms with van der Waals surface area (Å²) in [7, 11) is 1.67. The van der Waals surface area contributed by atoms with Crippen LogP contribution in [0.15, 0.2) is 0 Å². The van der Waals surface area contributed by atoms with Crippen LogP contribution in [0.2, 0.25) is 0 Å². The number of ether oxygens (including phenoxy) is 1. The number of hydrogen-bond donors (Lipinski definition) is 0. The summed E-state index contributed by atoms with van der Waals surface area (Å²) in [5.74, 6) is 1.20. The van der Waals surface area contributed by atoms with Crippen molar-refractivity contribution >= 4 is 5.78 Å². The van der Waals surface area contributed by atoms with E-state index in [1.807, 2.05) is 6.92 Å².